The lowest BCUT2D eigenvalue weighted by molar-refractivity contribution is 0.303. The topological polar surface area (TPSA) is 71.5 Å². The number of anilines is 2. The molecule has 0 spiro atoms. The van der Waals surface area contributed by atoms with Crippen molar-refractivity contribution in [1.29, 1.82) is 0 Å². The van der Waals surface area contributed by atoms with Gasteiger partial charge >= 0.3 is 0 Å². The number of nitrogens with zero attached hydrogens (tertiary/aromatic N) is 3. The molecule has 0 saturated heterocycles. The van der Waals surface area contributed by atoms with Crippen LogP contribution in [-0.4, -0.2) is 49.9 Å². The molecule has 4 rings (SSSR count). The van der Waals surface area contributed by atoms with E-state index < -0.39 is 0 Å². The number of ether oxygens (including phenoxy) is 2. The number of benzene rings is 2. The summed E-state index contributed by atoms with van der Waals surface area (Å²) in [5.74, 6) is 3.29. The molecule has 0 aliphatic heterocycles. The van der Waals surface area contributed by atoms with Gasteiger partial charge in [-0.2, -0.15) is 4.98 Å². The number of fused-ring (bicyclic) bond motifs is 1. The molecular weight excluding hydrogens is 414 g/mol. The fourth-order valence-corrected chi connectivity index (χ4v) is 4.51. The van der Waals surface area contributed by atoms with Crippen LogP contribution in [0.1, 0.15) is 38.2 Å². The van der Waals surface area contributed by atoms with E-state index in [-0.39, 0.29) is 0 Å². The Labute approximate surface area is 196 Å². The van der Waals surface area contributed by atoms with Crippen molar-refractivity contribution in [3.8, 4) is 11.5 Å². The van der Waals surface area contributed by atoms with Crippen molar-refractivity contribution in [3.63, 3.8) is 0 Å². The maximum absolute atomic E-state index is 5.85. The molecule has 3 aromatic rings. The number of hydrogen-bond donors (Lipinski definition) is 2. The van der Waals surface area contributed by atoms with E-state index in [1.807, 2.05) is 56.3 Å². The minimum atomic E-state index is 0.384. The Morgan fingerprint density at radius 2 is 1.73 bits per heavy atom. The Hall–Kier alpha value is -3.06. The van der Waals surface area contributed by atoms with Gasteiger partial charge in [0.2, 0.25) is 5.95 Å². The van der Waals surface area contributed by atoms with Crippen molar-refractivity contribution < 1.29 is 9.47 Å². The van der Waals surface area contributed by atoms with Gasteiger partial charge in [0.25, 0.3) is 0 Å². The molecule has 2 aromatic carbocycles. The second kappa shape index (κ2) is 10.7. The largest absolute Gasteiger partial charge is 0.493 e. The van der Waals surface area contributed by atoms with Crippen LogP contribution < -0.4 is 25.0 Å². The number of nitrogens with one attached hydrogen (secondary N) is 2. The lowest BCUT2D eigenvalue weighted by Gasteiger charge is -2.30. The van der Waals surface area contributed by atoms with Crippen LogP contribution in [0, 0.1) is 0 Å². The molecule has 0 bridgehead atoms. The van der Waals surface area contributed by atoms with Crippen LogP contribution in [-0.2, 0) is 6.54 Å². The van der Waals surface area contributed by atoms with Crippen LogP contribution in [0.5, 0.6) is 11.5 Å². The van der Waals surface area contributed by atoms with Gasteiger partial charge in [-0.3, -0.25) is 0 Å². The zero-order chi connectivity index (χ0) is 23.2. The molecule has 0 atom stereocenters. The van der Waals surface area contributed by atoms with Crippen molar-refractivity contribution in [2.24, 2.45) is 0 Å². The van der Waals surface area contributed by atoms with Gasteiger partial charge in [-0.05, 0) is 50.8 Å². The maximum Gasteiger partial charge on any atom is 0.225 e. The van der Waals surface area contributed by atoms with E-state index in [9.17, 15) is 0 Å². The fourth-order valence-electron chi connectivity index (χ4n) is 4.51. The van der Waals surface area contributed by atoms with Gasteiger partial charge in [0.15, 0.2) is 11.5 Å². The van der Waals surface area contributed by atoms with E-state index in [1.54, 1.807) is 7.11 Å². The average Bonchev–Trinajstić information content (AvgIpc) is 2.83. The third-order valence-electron chi connectivity index (χ3n) is 6.22. The molecule has 1 aromatic heterocycles. The highest BCUT2D eigenvalue weighted by Crippen LogP contribution is 2.32. The Morgan fingerprint density at radius 3 is 2.45 bits per heavy atom. The minimum Gasteiger partial charge on any atom is -0.493 e. The molecule has 1 aliphatic rings. The average molecular weight is 450 g/mol. The summed E-state index contributed by atoms with van der Waals surface area (Å²) >= 11 is 0. The molecule has 2 N–H and O–H groups in total. The highest BCUT2D eigenvalue weighted by atomic mass is 16.5. The normalized spacial score (nSPS) is 18.2. The molecule has 33 heavy (non-hydrogen) atoms. The zero-order valence-corrected chi connectivity index (χ0v) is 20.1. The minimum absolute atomic E-state index is 0.384. The number of rotatable bonds is 9. The Morgan fingerprint density at radius 1 is 0.970 bits per heavy atom. The molecule has 7 heteroatoms. The lowest BCUT2D eigenvalue weighted by Crippen LogP contribution is -2.37. The summed E-state index contributed by atoms with van der Waals surface area (Å²) in [6, 6.07) is 15.1. The van der Waals surface area contributed by atoms with Gasteiger partial charge in [-0.1, -0.05) is 24.3 Å². The highest BCUT2D eigenvalue weighted by molar-refractivity contribution is 5.90. The standard InChI is InChI=1S/C26H35N5O2/c1-5-33-24-18(9-8-12-23(24)32-4)17-27-19-13-15-20(16-14-19)28-26-29-22-11-7-6-10-21(22)25(30-26)31(2)3/h6-12,19-20,27H,5,13-17H2,1-4H3,(H,28,29,30). The SMILES string of the molecule is CCOc1c(CNC2CCC(Nc3nc(N(C)C)c4ccccc4n3)CC2)cccc1OC. The quantitative estimate of drug-likeness (QED) is 0.494. The Bertz CT molecular complexity index is 1060. The number of hydrogen-bond acceptors (Lipinski definition) is 7. The second-order valence-electron chi connectivity index (χ2n) is 8.74. The summed E-state index contributed by atoms with van der Waals surface area (Å²) in [6.07, 6.45) is 4.39. The highest BCUT2D eigenvalue weighted by Gasteiger charge is 2.22. The molecule has 0 unspecified atom stereocenters. The van der Waals surface area contributed by atoms with E-state index in [0.717, 1.165) is 66.0 Å². The fraction of sp³-hybridized carbons (Fsp3) is 0.462. The van der Waals surface area contributed by atoms with Crippen molar-refractivity contribution in [3.05, 3.63) is 48.0 Å². The van der Waals surface area contributed by atoms with Crippen LogP contribution in [0.25, 0.3) is 10.9 Å². The summed E-state index contributed by atoms with van der Waals surface area (Å²) in [6.45, 7) is 3.39. The van der Waals surface area contributed by atoms with E-state index in [1.165, 1.54) is 0 Å². The van der Waals surface area contributed by atoms with Gasteiger partial charge in [-0.25, -0.2) is 4.98 Å². The number of aromatic nitrogens is 2. The molecule has 1 aliphatic carbocycles. The first-order valence-electron chi connectivity index (χ1n) is 11.8. The van der Waals surface area contributed by atoms with E-state index in [2.05, 4.69) is 22.8 Å². The molecule has 1 fully saturated rings. The molecular formula is C26H35N5O2. The second-order valence-corrected chi connectivity index (χ2v) is 8.74. The molecule has 7 nitrogen and oxygen atoms in total. The predicted molar refractivity (Wildman–Crippen MR) is 135 cm³/mol. The van der Waals surface area contributed by atoms with Gasteiger partial charge in [0.1, 0.15) is 5.82 Å². The van der Waals surface area contributed by atoms with E-state index >= 15 is 0 Å². The van der Waals surface area contributed by atoms with Gasteiger partial charge in [0, 0.05) is 43.7 Å². The summed E-state index contributed by atoms with van der Waals surface area (Å²) in [5.41, 5.74) is 2.11. The third-order valence-corrected chi connectivity index (χ3v) is 6.22. The molecule has 1 saturated carbocycles. The Balaban J connectivity index is 1.35. The monoisotopic (exact) mass is 449 g/mol. The van der Waals surface area contributed by atoms with Crippen molar-refractivity contribution in [2.75, 3.05) is 38.0 Å². The smallest absolute Gasteiger partial charge is 0.225 e. The van der Waals surface area contributed by atoms with Crippen molar-refractivity contribution >= 4 is 22.7 Å². The van der Waals surface area contributed by atoms with Crippen molar-refractivity contribution in [2.45, 2.75) is 51.2 Å². The Kier molecular flexibility index (Phi) is 7.50. The van der Waals surface area contributed by atoms with E-state index in [4.69, 9.17) is 19.4 Å². The molecule has 1 heterocycles. The maximum atomic E-state index is 5.85. The summed E-state index contributed by atoms with van der Waals surface area (Å²) in [4.78, 5) is 11.6. The van der Waals surface area contributed by atoms with Gasteiger partial charge < -0.3 is 25.0 Å². The first-order valence-corrected chi connectivity index (χ1v) is 11.8. The molecule has 176 valence electrons. The van der Waals surface area contributed by atoms with Gasteiger partial charge in [-0.15, -0.1) is 0 Å². The molecule has 0 amide bonds. The number of methoxy groups -OCH3 is 1. The first-order chi connectivity index (χ1) is 16.1. The summed E-state index contributed by atoms with van der Waals surface area (Å²) in [5, 5.41) is 8.38. The van der Waals surface area contributed by atoms with Crippen LogP contribution in [0.4, 0.5) is 11.8 Å². The lowest BCUT2D eigenvalue weighted by atomic mass is 9.91. The number of para-hydroxylation sites is 2. The van der Waals surface area contributed by atoms with Crippen LogP contribution in [0.2, 0.25) is 0 Å². The summed E-state index contributed by atoms with van der Waals surface area (Å²) < 4.78 is 11.3. The van der Waals surface area contributed by atoms with Crippen LogP contribution in [0.3, 0.4) is 0 Å². The zero-order valence-electron chi connectivity index (χ0n) is 20.1. The predicted octanol–water partition coefficient (Wildman–Crippen LogP) is 4.62. The summed E-state index contributed by atoms with van der Waals surface area (Å²) in [7, 11) is 5.73. The third kappa shape index (κ3) is 5.47. The van der Waals surface area contributed by atoms with Crippen molar-refractivity contribution in [1.82, 2.24) is 15.3 Å². The van der Waals surface area contributed by atoms with Crippen LogP contribution >= 0.6 is 0 Å². The molecule has 0 radical (unpaired) electrons. The first kappa shape index (κ1) is 23.1. The van der Waals surface area contributed by atoms with Gasteiger partial charge in [0.05, 0.1) is 19.2 Å². The van der Waals surface area contributed by atoms with Crippen LogP contribution in [0.15, 0.2) is 42.5 Å². The van der Waals surface area contributed by atoms with E-state index in [0.29, 0.717) is 24.6 Å².